The van der Waals surface area contributed by atoms with Crippen molar-refractivity contribution in [3.05, 3.63) is 60.0 Å². The molecule has 5 aromatic heterocycles. The fourth-order valence-electron chi connectivity index (χ4n) is 4.35. The largest absolute Gasteiger partial charge is 0.366 e. The highest BCUT2D eigenvalue weighted by Gasteiger charge is 2.23. The lowest BCUT2D eigenvalue weighted by Gasteiger charge is -2.29. The van der Waals surface area contributed by atoms with Crippen LogP contribution >= 0.6 is 22.7 Å². The van der Waals surface area contributed by atoms with Gasteiger partial charge in [0.2, 0.25) is 17.7 Å². The number of rotatable bonds is 7. The Morgan fingerprint density at radius 1 is 1.05 bits per heavy atom. The number of carbonyl (C=O) groups is 2. The molecule has 1 saturated carbocycles. The molecule has 1 aliphatic carbocycles. The van der Waals surface area contributed by atoms with Crippen LogP contribution in [0.2, 0.25) is 0 Å². The van der Waals surface area contributed by atoms with E-state index in [0.717, 1.165) is 57.6 Å². The van der Waals surface area contributed by atoms with Gasteiger partial charge in [0.1, 0.15) is 5.82 Å². The molecule has 0 atom stereocenters. The molecular formula is C26H28N10O2S2. The van der Waals surface area contributed by atoms with Gasteiger partial charge in [0, 0.05) is 31.5 Å². The maximum absolute atomic E-state index is 11.5. The molecule has 14 heteroatoms. The summed E-state index contributed by atoms with van der Waals surface area (Å²) in [5.41, 5.74) is 7.55. The van der Waals surface area contributed by atoms with Gasteiger partial charge < -0.3 is 21.7 Å². The molecule has 1 fully saturated rings. The van der Waals surface area contributed by atoms with Gasteiger partial charge >= 0.3 is 0 Å². The van der Waals surface area contributed by atoms with Crippen LogP contribution in [-0.2, 0) is 11.8 Å². The van der Waals surface area contributed by atoms with E-state index in [-0.39, 0.29) is 17.8 Å². The Labute approximate surface area is 237 Å². The second kappa shape index (κ2) is 12.2. The first-order valence-corrected chi connectivity index (χ1v) is 14.3. The highest BCUT2D eigenvalue weighted by molar-refractivity contribution is 7.17. The Hall–Kier alpha value is -4.43. The summed E-state index contributed by atoms with van der Waals surface area (Å²) in [6.45, 7) is 3.51. The molecular weight excluding hydrogens is 548 g/mol. The topological polar surface area (TPSA) is 166 Å². The number of amides is 2. The maximum Gasteiger partial charge on any atom is 0.286 e. The predicted octanol–water partition coefficient (Wildman–Crippen LogP) is 3.98. The van der Waals surface area contributed by atoms with Gasteiger partial charge in [-0.3, -0.25) is 14.3 Å². The van der Waals surface area contributed by atoms with Gasteiger partial charge in [-0.25, -0.2) is 15.0 Å². The Bertz CT molecular complexity index is 1650. The number of anilines is 3. The number of nitrogens with one attached hydrogen (secondary N) is 3. The van der Waals surface area contributed by atoms with E-state index in [1.165, 1.54) is 17.4 Å². The van der Waals surface area contributed by atoms with E-state index in [0.29, 0.717) is 12.0 Å². The summed E-state index contributed by atoms with van der Waals surface area (Å²) in [6, 6.07) is 4.37. The van der Waals surface area contributed by atoms with Crippen LogP contribution < -0.4 is 21.7 Å². The maximum atomic E-state index is 11.5. The van der Waals surface area contributed by atoms with E-state index >= 15 is 0 Å². The monoisotopic (exact) mass is 576 g/mol. The molecule has 0 aliphatic heterocycles. The highest BCUT2D eigenvalue weighted by atomic mass is 32.1. The third kappa shape index (κ3) is 6.58. The van der Waals surface area contributed by atoms with Crippen molar-refractivity contribution in [3.63, 3.8) is 0 Å². The smallest absolute Gasteiger partial charge is 0.286 e. The minimum Gasteiger partial charge on any atom is -0.366 e. The molecule has 2 amide bonds. The number of hydrogen-bond acceptors (Lipinski definition) is 11. The number of aromatic nitrogens is 6. The molecule has 0 unspecified atom stereocenters. The summed E-state index contributed by atoms with van der Waals surface area (Å²) < 4.78 is 3.74. The first-order chi connectivity index (χ1) is 19.4. The van der Waals surface area contributed by atoms with Gasteiger partial charge in [-0.15, -0.1) is 22.7 Å². The fourth-order valence-corrected chi connectivity index (χ4v) is 5.83. The summed E-state index contributed by atoms with van der Waals surface area (Å²) in [5.74, 6) is 0.779. The highest BCUT2D eigenvalue weighted by Crippen LogP contribution is 2.31. The van der Waals surface area contributed by atoms with Gasteiger partial charge in [-0.2, -0.15) is 10.1 Å². The van der Waals surface area contributed by atoms with Crippen LogP contribution in [0.1, 0.15) is 36.3 Å². The number of carbonyl (C=O) groups excluding carboxylic acids is 2. The molecule has 1 aliphatic rings. The summed E-state index contributed by atoms with van der Waals surface area (Å²) in [6.07, 6.45) is 10.4. The zero-order valence-electron chi connectivity index (χ0n) is 21.7. The lowest BCUT2D eigenvalue weighted by atomic mass is 9.91. The molecule has 6 rings (SSSR count). The average Bonchev–Trinajstić information content (AvgIpc) is 3.71. The average molecular weight is 577 g/mol. The van der Waals surface area contributed by atoms with Gasteiger partial charge in [-0.1, -0.05) is 6.58 Å². The molecule has 5 aromatic rings. The Morgan fingerprint density at radius 2 is 1.80 bits per heavy atom. The van der Waals surface area contributed by atoms with Gasteiger partial charge in [0.05, 0.1) is 32.3 Å². The number of primary amides is 1. The molecule has 0 bridgehead atoms. The zero-order valence-corrected chi connectivity index (χ0v) is 23.3. The standard InChI is InChI=1S/C19H23N7OS.C7H5N3OS/c1-3-16(27)21-12-4-6-13(7-5-12)22-18-17-15(8-9-28-17)24-19(25-18)23-14-10-20-26(2)11-14;8-6(11)7-9-3-5-4(10-7)1-2-12-5/h3,8-13H,1,4-7H2,2H3,(H,21,27)(H2,22,23,24,25);1-3H,(H2,8,11). The first-order valence-electron chi connectivity index (χ1n) is 12.6. The molecule has 0 spiro atoms. The van der Waals surface area contributed by atoms with Gasteiger partial charge in [0.25, 0.3) is 5.91 Å². The first kappa shape index (κ1) is 27.1. The predicted molar refractivity (Wildman–Crippen MR) is 158 cm³/mol. The number of fused-ring (bicyclic) bond motifs is 2. The number of aryl methyl sites for hydroxylation is 1. The van der Waals surface area contributed by atoms with Crippen LogP contribution in [0.5, 0.6) is 0 Å². The third-order valence-corrected chi connectivity index (χ3v) is 8.04. The zero-order chi connectivity index (χ0) is 28.1. The van der Waals surface area contributed by atoms with E-state index in [1.807, 2.05) is 36.1 Å². The van der Waals surface area contributed by atoms with Crippen LogP contribution in [0, 0.1) is 0 Å². The second-order valence-corrected chi connectivity index (χ2v) is 11.1. The number of thiophene rings is 2. The number of hydrogen-bond donors (Lipinski definition) is 4. The van der Waals surface area contributed by atoms with Crippen molar-refractivity contribution in [2.75, 3.05) is 10.6 Å². The van der Waals surface area contributed by atoms with Gasteiger partial charge in [-0.05, 0) is 54.7 Å². The number of nitrogens with zero attached hydrogens (tertiary/aromatic N) is 6. The lowest BCUT2D eigenvalue weighted by molar-refractivity contribution is -0.117. The third-order valence-electron chi connectivity index (χ3n) is 6.29. The van der Waals surface area contributed by atoms with Crippen molar-refractivity contribution in [1.82, 2.24) is 35.0 Å². The van der Waals surface area contributed by atoms with E-state index < -0.39 is 5.91 Å². The van der Waals surface area contributed by atoms with Crippen molar-refractivity contribution in [1.29, 1.82) is 0 Å². The van der Waals surface area contributed by atoms with Crippen molar-refractivity contribution in [3.8, 4) is 0 Å². The second-order valence-electron chi connectivity index (χ2n) is 9.19. The van der Waals surface area contributed by atoms with Crippen molar-refractivity contribution < 1.29 is 9.59 Å². The SMILES string of the molecule is C=CC(=O)NC1CCC(Nc2nc(Nc3cnn(C)c3)nc3ccsc23)CC1.NC(=O)c1ncc2sccc2n1. The quantitative estimate of drug-likeness (QED) is 0.210. The molecule has 0 saturated heterocycles. The van der Waals surface area contributed by atoms with Crippen LogP contribution in [0.3, 0.4) is 0 Å². The van der Waals surface area contributed by atoms with E-state index in [1.54, 1.807) is 28.4 Å². The molecule has 40 heavy (non-hydrogen) atoms. The van der Waals surface area contributed by atoms with Crippen LogP contribution in [-0.4, -0.2) is 53.6 Å². The van der Waals surface area contributed by atoms with E-state index in [2.05, 4.69) is 42.6 Å². The van der Waals surface area contributed by atoms with Crippen LogP contribution in [0.4, 0.5) is 17.5 Å². The molecule has 5 N–H and O–H groups in total. The number of nitrogens with two attached hydrogens (primary N) is 1. The fraction of sp³-hybridized carbons (Fsp3) is 0.269. The molecule has 5 heterocycles. The lowest BCUT2D eigenvalue weighted by Crippen LogP contribution is -2.39. The van der Waals surface area contributed by atoms with E-state index in [4.69, 9.17) is 10.7 Å². The normalized spacial score (nSPS) is 16.6. The van der Waals surface area contributed by atoms with Crippen molar-refractivity contribution in [2.24, 2.45) is 12.8 Å². The van der Waals surface area contributed by atoms with Crippen LogP contribution in [0.15, 0.2) is 54.1 Å². The molecule has 0 radical (unpaired) electrons. The van der Waals surface area contributed by atoms with Crippen molar-refractivity contribution in [2.45, 2.75) is 37.8 Å². The van der Waals surface area contributed by atoms with E-state index in [9.17, 15) is 9.59 Å². The summed E-state index contributed by atoms with van der Waals surface area (Å²) in [5, 5.41) is 17.9. The van der Waals surface area contributed by atoms with Crippen LogP contribution in [0.25, 0.3) is 20.4 Å². The van der Waals surface area contributed by atoms with Crippen molar-refractivity contribution >= 4 is 72.4 Å². The Kier molecular flexibility index (Phi) is 8.26. The minimum absolute atomic E-state index is 0.0703. The minimum atomic E-state index is -0.594. The summed E-state index contributed by atoms with van der Waals surface area (Å²) in [4.78, 5) is 39.2. The Morgan fingerprint density at radius 3 is 2.52 bits per heavy atom. The molecule has 12 nitrogen and oxygen atoms in total. The summed E-state index contributed by atoms with van der Waals surface area (Å²) >= 11 is 3.16. The van der Waals surface area contributed by atoms with Gasteiger partial charge in [0.15, 0.2) is 0 Å². The summed E-state index contributed by atoms with van der Waals surface area (Å²) in [7, 11) is 1.87. The molecule has 206 valence electrons. The Balaban J connectivity index is 0.000000223. The molecule has 0 aromatic carbocycles.